The monoisotopic (exact) mass is 607 g/mol. The zero-order valence-corrected chi connectivity index (χ0v) is 26.6. The molecule has 2 aliphatic heterocycles. The largest absolute Gasteiger partial charge is 0.395 e. The van der Waals surface area contributed by atoms with Crippen LogP contribution in [0.1, 0.15) is 55.3 Å². The Labute approximate surface area is 255 Å². The third kappa shape index (κ3) is 7.97. The number of hydrogen-bond acceptors (Lipinski definition) is 6. The number of aliphatic hydroxyl groups is 1. The number of aryl methyl sites for hydroxylation is 2. The van der Waals surface area contributed by atoms with Gasteiger partial charge in [0, 0.05) is 30.5 Å². The summed E-state index contributed by atoms with van der Waals surface area (Å²) in [4.78, 5) is 12.7. The van der Waals surface area contributed by atoms with E-state index in [2.05, 4.69) is 33.9 Å². The number of ether oxygens (including phenoxy) is 1. The Hall–Kier alpha value is -2.92. The quantitative estimate of drug-likeness (QED) is 0.191. The predicted octanol–water partition coefficient (Wildman–Crippen LogP) is 5.31. The molecule has 2 unspecified atom stereocenters. The van der Waals surface area contributed by atoms with Crippen LogP contribution in [-0.4, -0.2) is 66.3 Å². The normalized spacial score (nSPS) is 25.0. The van der Waals surface area contributed by atoms with Gasteiger partial charge in [0.05, 0.1) is 36.3 Å². The van der Waals surface area contributed by atoms with Crippen LogP contribution in [0, 0.1) is 11.8 Å². The Bertz CT molecular complexity index is 1330. The summed E-state index contributed by atoms with van der Waals surface area (Å²) in [6, 6.07) is 17.9. The molecule has 5 rings (SSSR count). The molecule has 0 saturated carbocycles. The van der Waals surface area contributed by atoms with Crippen LogP contribution < -0.4 is 10.6 Å². The molecule has 2 saturated heterocycles. The molecule has 3 N–H and O–H groups in total. The number of anilines is 1. The van der Waals surface area contributed by atoms with Gasteiger partial charge in [-0.05, 0) is 80.9 Å². The number of aromatic nitrogens is 3. The first-order valence-electron chi connectivity index (χ1n) is 15.7. The summed E-state index contributed by atoms with van der Waals surface area (Å²) in [5, 5.41) is 25.1. The Morgan fingerprint density at radius 2 is 2.00 bits per heavy atom. The lowest BCUT2D eigenvalue weighted by atomic mass is 9.95. The second kappa shape index (κ2) is 14.2. The van der Waals surface area contributed by atoms with E-state index in [-0.39, 0.29) is 48.0 Å². The number of piperidine rings is 1. The van der Waals surface area contributed by atoms with Crippen LogP contribution in [0.15, 0.2) is 60.8 Å². The average molecular weight is 608 g/mol. The molecule has 2 aliphatic rings. The number of hydrogen-bond donors (Lipinski definition) is 3. The molecule has 3 aromatic rings. The minimum atomic E-state index is -3.00. The SMILES string of the molecule is C[C@@H]1[C@@H]([Si](C)(C)F)[C@H](CCn2cc(C(CO)c3ccccc3)nn2)O[C@@H]1CCc1cccc(NC(=O)C2CCCNC2)c1. The molecule has 8 nitrogen and oxygen atoms in total. The first kappa shape index (κ1) is 31.5. The Balaban J connectivity index is 1.18. The molecule has 2 aromatic carbocycles. The van der Waals surface area contributed by atoms with Crippen molar-refractivity contribution in [1.82, 2.24) is 20.3 Å². The topological polar surface area (TPSA) is 101 Å². The summed E-state index contributed by atoms with van der Waals surface area (Å²) >= 11 is 0. The van der Waals surface area contributed by atoms with Gasteiger partial charge in [-0.25, -0.2) is 0 Å². The maximum absolute atomic E-state index is 15.7. The zero-order valence-electron chi connectivity index (χ0n) is 25.6. The molecule has 232 valence electrons. The highest BCUT2D eigenvalue weighted by molar-refractivity contribution is 6.72. The molecule has 0 aliphatic carbocycles. The molecule has 2 fully saturated rings. The molecule has 6 atom stereocenters. The number of nitrogens with one attached hydrogen (secondary N) is 2. The van der Waals surface area contributed by atoms with Gasteiger partial charge in [-0.15, -0.1) is 5.10 Å². The van der Waals surface area contributed by atoms with Crippen molar-refractivity contribution < 1.29 is 18.7 Å². The van der Waals surface area contributed by atoms with Crippen molar-refractivity contribution in [2.24, 2.45) is 11.8 Å². The van der Waals surface area contributed by atoms with Gasteiger partial charge in [-0.3, -0.25) is 9.48 Å². The van der Waals surface area contributed by atoms with Crippen LogP contribution in [0.3, 0.4) is 0 Å². The number of carbonyl (C=O) groups excluding carboxylic acids is 1. The molecule has 0 bridgehead atoms. The van der Waals surface area contributed by atoms with Crippen LogP contribution in [0.2, 0.25) is 18.6 Å². The fourth-order valence-electron chi connectivity index (χ4n) is 6.98. The maximum atomic E-state index is 15.7. The lowest BCUT2D eigenvalue weighted by Crippen LogP contribution is -2.37. The third-order valence-electron chi connectivity index (χ3n) is 9.22. The summed E-state index contributed by atoms with van der Waals surface area (Å²) in [5.74, 6) is -0.0368. The van der Waals surface area contributed by atoms with Crippen molar-refractivity contribution in [2.45, 2.75) is 82.3 Å². The first-order chi connectivity index (χ1) is 20.7. The second-order valence-corrected chi connectivity index (χ2v) is 16.6. The van der Waals surface area contributed by atoms with Gasteiger partial charge in [0.2, 0.25) is 14.3 Å². The predicted molar refractivity (Wildman–Crippen MR) is 169 cm³/mol. The van der Waals surface area contributed by atoms with Gasteiger partial charge in [-0.2, -0.15) is 0 Å². The van der Waals surface area contributed by atoms with Crippen molar-refractivity contribution in [2.75, 3.05) is 25.0 Å². The number of amides is 1. The lowest BCUT2D eigenvalue weighted by molar-refractivity contribution is -0.120. The van der Waals surface area contributed by atoms with Gasteiger partial charge < -0.3 is 24.6 Å². The van der Waals surface area contributed by atoms with Gasteiger partial charge in [0.25, 0.3) is 0 Å². The highest BCUT2D eigenvalue weighted by Crippen LogP contribution is 2.47. The molecule has 43 heavy (non-hydrogen) atoms. The highest BCUT2D eigenvalue weighted by Gasteiger charge is 2.50. The Morgan fingerprint density at radius 3 is 2.72 bits per heavy atom. The molecule has 3 heterocycles. The second-order valence-electron chi connectivity index (χ2n) is 12.8. The summed E-state index contributed by atoms with van der Waals surface area (Å²) in [5.41, 5.74) is 3.57. The van der Waals surface area contributed by atoms with Crippen molar-refractivity contribution in [3.8, 4) is 0 Å². The van der Waals surface area contributed by atoms with E-state index < -0.39 is 8.41 Å². The fraction of sp³-hybridized carbons (Fsp3) is 0.545. The van der Waals surface area contributed by atoms with Crippen molar-refractivity contribution in [1.29, 1.82) is 0 Å². The number of halogens is 1. The maximum Gasteiger partial charge on any atom is 0.246 e. The van der Waals surface area contributed by atoms with Gasteiger partial charge in [0.15, 0.2) is 0 Å². The van der Waals surface area contributed by atoms with E-state index >= 15 is 4.11 Å². The molecule has 0 spiro atoms. The van der Waals surface area contributed by atoms with E-state index in [1.165, 1.54) is 0 Å². The molecular weight excluding hydrogens is 561 g/mol. The van der Waals surface area contributed by atoms with Crippen molar-refractivity contribution in [3.05, 3.63) is 77.6 Å². The molecule has 1 aromatic heterocycles. The van der Waals surface area contributed by atoms with E-state index in [1.54, 1.807) is 17.8 Å². The molecular formula is C33H46FN5O3Si. The number of nitrogens with zero attached hydrogens (tertiary/aromatic N) is 3. The Morgan fingerprint density at radius 1 is 1.19 bits per heavy atom. The minimum absolute atomic E-state index is 0.0105. The van der Waals surface area contributed by atoms with E-state index in [0.717, 1.165) is 61.3 Å². The minimum Gasteiger partial charge on any atom is -0.395 e. The number of benzene rings is 2. The van der Waals surface area contributed by atoms with E-state index in [4.69, 9.17) is 4.74 Å². The average Bonchev–Trinajstić information content (AvgIpc) is 3.60. The van der Waals surface area contributed by atoms with Gasteiger partial charge >= 0.3 is 0 Å². The van der Waals surface area contributed by atoms with Crippen molar-refractivity contribution >= 4 is 20.0 Å². The van der Waals surface area contributed by atoms with Gasteiger partial charge in [0.1, 0.15) is 0 Å². The Kier molecular flexibility index (Phi) is 10.4. The van der Waals surface area contributed by atoms with E-state index in [0.29, 0.717) is 13.0 Å². The smallest absolute Gasteiger partial charge is 0.246 e. The summed E-state index contributed by atoms with van der Waals surface area (Å²) in [7, 11) is -3.00. The molecule has 10 heteroatoms. The van der Waals surface area contributed by atoms with E-state index in [9.17, 15) is 9.90 Å². The summed E-state index contributed by atoms with van der Waals surface area (Å²) in [6.45, 7) is 7.95. The van der Waals surface area contributed by atoms with Gasteiger partial charge in [-0.1, -0.05) is 54.6 Å². The first-order valence-corrected chi connectivity index (χ1v) is 18.7. The number of carbonyl (C=O) groups is 1. The lowest BCUT2D eigenvalue weighted by Gasteiger charge is -2.28. The third-order valence-corrected chi connectivity index (χ3v) is 11.7. The molecule has 0 radical (unpaired) electrons. The number of aliphatic hydroxyl groups excluding tert-OH is 1. The van der Waals surface area contributed by atoms with Crippen LogP contribution in [0.4, 0.5) is 9.80 Å². The summed E-state index contributed by atoms with van der Waals surface area (Å²) in [6.07, 6.45) is 5.85. The highest BCUT2D eigenvalue weighted by atomic mass is 28.4. The van der Waals surface area contributed by atoms with E-state index in [1.807, 2.05) is 54.7 Å². The van der Waals surface area contributed by atoms with Crippen LogP contribution in [0.5, 0.6) is 0 Å². The van der Waals surface area contributed by atoms with Crippen LogP contribution in [0.25, 0.3) is 0 Å². The number of rotatable bonds is 12. The van der Waals surface area contributed by atoms with Crippen LogP contribution >= 0.6 is 0 Å². The standard InChI is InChI=1S/C33H46FN5O3Si/c1-23-30(15-14-24-9-7-13-27(19-24)36-33(41)26-12-8-17-35-20-26)42-31(32(23)43(2,3)34)16-18-39-21-29(37-38-39)28(22-40)25-10-5-4-6-11-25/h4-7,9-11,13,19,21,23,26,28,30-32,35,40H,8,12,14-18,20,22H2,1-3H3,(H,36,41)/t23-,26?,28?,30+,31-,32+/m0/s1. The van der Waals surface area contributed by atoms with Crippen LogP contribution in [-0.2, 0) is 22.5 Å². The molecule has 1 amide bonds. The summed E-state index contributed by atoms with van der Waals surface area (Å²) < 4.78 is 24.1. The fourth-order valence-corrected chi connectivity index (χ4v) is 9.57. The zero-order chi connectivity index (χ0) is 30.4. The van der Waals surface area contributed by atoms with Crippen molar-refractivity contribution in [3.63, 3.8) is 0 Å².